The molecule has 0 aromatic carbocycles. The lowest BCUT2D eigenvalue weighted by atomic mass is 9.87. The Hall–Kier alpha value is -2.48. The number of rotatable bonds is 25. The molecule has 2 amide bonds. The van der Waals surface area contributed by atoms with E-state index in [1.165, 1.54) is 13.8 Å². The number of nitrogens with two attached hydrogens (primary N) is 1. The van der Waals surface area contributed by atoms with Gasteiger partial charge in [-0.25, -0.2) is 28.6 Å². The van der Waals surface area contributed by atoms with Crippen LogP contribution in [0.4, 0.5) is 5.82 Å². The second-order valence-electron chi connectivity index (χ2n) is 13.6. The number of aromatic nitrogens is 4. The molecule has 330 valence electrons. The number of anilines is 1. The van der Waals surface area contributed by atoms with Crippen molar-refractivity contribution in [2.24, 2.45) is 5.41 Å². The van der Waals surface area contributed by atoms with Crippen molar-refractivity contribution in [2.45, 2.75) is 96.0 Å². The predicted molar refractivity (Wildman–Crippen MR) is 202 cm³/mol. The Morgan fingerprint density at radius 1 is 1.02 bits per heavy atom. The first-order valence-corrected chi connectivity index (χ1v) is 23.2. The fraction of sp³-hybridized carbons (Fsp3) is 0.724. The minimum atomic E-state index is -5.58. The van der Waals surface area contributed by atoms with Gasteiger partial charge in [-0.15, -0.1) is 0 Å². The molecule has 11 N–H and O–H groups in total. The molecule has 0 aliphatic carbocycles. The molecule has 0 saturated carbocycles. The number of nitrogens with zero attached hydrogens (tertiary/aromatic N) is 4. The van der Waals surface area contributed by atoms with Crippen LogP contribution < -0.4 is 16.4 Å². The molecule has 2 aromatic rings. The predicted octanol–water partition coefficient (Wildman–Crippen LogP) is -0.00400. The van der Waals surface area contributed by atoms with Crippen LogP contribution in [-0.2, 0) is 50.7 Å². The van der Waals surface area contributed by atoms with E-state index in [1.54, 1.807) is 0 Å². The molecule has 25 nitrogen and oxygen atoms in total. The number of ether oxygens (including phenoxy) is 1. The largest absolute Gasteiger partial charge is 0.481 e. The summed E-state index contributed by atoms with van der Waals surface area (Å²) in [6, 6.07) is 0. The van der Waals surface area contributed by atoms with Gasteiger partial charge in [0.05, 0.1) is 19.5 Å². The molecule has 0 spiro atoms. The van der Waals surface area contributed by atoms with E-state index in [-0.39, 0.29) is 47.4 Å². The number of fused-ring (bicyclic) bond motifs is 1. The molecule has 1 saturated heterocycles. The number of aliphatic hydroxyl groups excluding tert-OH is 3. The Bertz CT molecular complexity index is 1850. The highest BCUT2D eigenvalue weighted by atomic mass is 32.2. The van der Waals surface area contributed by atoms with Crippen LogP contribution in [0.2, 0.25) is 0 Å². The number of hydrogen-bond donors (Lipinski definition) is 10. The summed E-state index contributed by atoms with van der Waals surface area (Å²) >= 11 is 0.892. The average molecular weight is 910 g/mol. The van der Waals surface area contributed by atoms with Crippen LogP contribution in [0.25, 0.3) is 11.2 Å². The van der Waals surface area contributed by atoms with E-state index in [1.807, 2.05) is 0 Å². The van der Waals surface area contributed by atoms with E-state index >= 15 is 0 Å². The third-order valence-electron chi connectivity index (χ3n) is 8.35. The van der Waals surface area contributed by atoms with Gasteiger partial charge < -0.3 is 56.0 Å². The molecule has 0 bridgehead atoms. The van der Waals surface area contributed by atoms with Crippen LogP contribution in [0.1, 0.15) is 65.5 Å². The van der Waals surface area contributed by atoms with Crippen molar-refractivity contribution in [3.8, 4) is 0 Å². The van der Waals surface area contributed by atoms with Gasteiger partial charge in [0.1, 0.15) is 42.4 Å². The maximum atomic E-state index is 12.7. The Morgan fingerprint density at radius 3 is 2.38 bits per heavy atom. The van der Waals surface area contributed by atoms with Crippen LogP contribution in [0.3, 0.4) is 0 Å². The number of imidazole rings is 1. The molecule has 3 rings (SSSR count). The minimum Gasteiger partial charge on any atom is -0.386 e. The lowest BCUT2D eigenvalue weighted by Gasteiger charge is -2.30. The third-order valence-corrected chi connectivity index (χ3v) is 12.4. The van der Waals surface area contributed by atoms with E-state index in [9.17, 15) is 63.0 Å². The van der Waals surface area contributed by atoms with Gasteiger partial charge >= 0.3 is 23.5 Å². The molecule has 3 heterocycles. The first-order valence-electron chi connectivity index (χ1n) is 17.7. The SMILES string of the molecule is CCCCCCC(O)C(=O)SCCNC(=O)CCNC(=O)[C@H](O)C(C)(C)COP(=O)(O)OP(=O)(O)OC[C@H]1O[C@@H](n2cnc3c(N)ncnc32)[C@H](O)[C@@H]1OP(=O)(O)O. The quantitative estimate of drug-likeness (QED) is 0.0463. The molecular weight excluding hydrogens is 859 g/mol. The summed E-state index contributed by atoms with van der Waals surface area (Å²) in [5.41, 5.74) is 4.24. The maximum Gasteiger partial charge on any atom is 0.481 e. The lowest BCUT2D eigenvalue weighted by molar-refractivity contribution is -0.137. The number of amides is 2. The fourth-order valence-corrected chi connectivity index (χ4v) is 8.80. The number of hydrogen-bond acceptors (Lipinski definition) is 19. The molecule has 1 aliphatic heterocycles. The summed E-state index contributed by atoms with van der Waals surface area (Å²) in [4.78, 5) is 87.7. The zero-order chi connectivity index (χ0) is 43.5. The van der Waals surface area contributed by atoms with Gasteiger partial charge in [-0.1, -0.05) is 58.2 Å². The Labute approximate surface area is 336 Å². The van der Waals surface area contributed by atoms with E-state index in [4.69, 9.17) is 19.5 Å². The Kier molecular flexibility index (Phi) is 18.8. The number of aliphatic hydroxyl groups is 3. The molecule has 29 heteroatoms. The summed E-state index contributed by atoms with van der Waals surface area (Å²) in [5, 5.41) is 35.9. The van der Waals surface area contributed by atoms with E-state index < -0.39 is 90.7 Å². The molecule has 58 heavy (non-hydrogen) atoms. The second kappa shape index (κ2) is 21.9. The molecule has 1 aliphatic rings. The van der Waals surface area contributed by atoms with Crippen LogP contribution >= 0.6 is 35.2 Å². The fourth-order valence-electron chi connectivity index (χ4n) is 5.26. The number of phosphoric ester groups is 3. The number of nitrogen functional groups attached to an aromatic ring is 1. The van der Waals surface area contributed by atoms with Gasteiger partial charge in [0, 0.05) is 30.7 Å². The summed E-state index contributed by atoms with van der Waals surface area (Å²) in [5.74, 6) is -1.30. The number of phosphoric acid groups is 3. The van der Waals surface area contributed by atoms with Crippen molar-refractivity contribution in [3.63, 3.8) is 0 Å². The number of carbonyl (C=O) groups is 3. The highest BCUT2D eigenvalue weighted by molar-refractivity contribution is 8.13. The Balaban J connectivity index is 1.45. The zero-order valence-corrected chi connectivity index (χ0v) is 35.1. The smallest absolute Gasteiger partial charge is 0.386 e. The molecule has 1 fully saturated rings. The van der Waals surface area contributed by atoms with Gasteiger partial charge in [0.25, 0.3) is 0 Å². The van der Waals surface area contributed by atoms with Crippen molar-refractivity contribution < 1.29 is 85.6 Å². The number of carbonyl (C=O) groups excluding carboxylic acids is 3. The van der Waals surface area contributed by atoms with Gasteiger partial charge in [0.15, 0.2) is 17.7 Å². The van der Waals surface area contributed by atoms with Crippen LogP contribution in [0.5, 0.6) is 0 Å². The summed E-state index contributed by atoms with van der Waals surface area (Å²) in [7, 11) is -16.4. The van der Waals surface area contributed by atoms with Crippen molar-refractivity contribution in [1.29, 1.82) is 0 Å². The molecule has 3 unspecified atom stereocenters. The lowest BCUT2D eigenvalue weighted by Crippen LogP contribution is -2.46. The van der Waals surface area contributed by atoms with Crippen LogP contribution in [0, 0.1) is 5.41 Å². The molecule has 8 atom stereocenters. The highest BCUT2D eigenvalue weighted by Gasteiger charge is 2.50. The van der Waals surface area contributed by atoms with Gasteiger partial charge in [-0.05, 0) is 6.42 Å². The van der Waals surface area contributed by atoms with Crippen molar-refractivity contribution >= 4 is 69.1 Å². The topological polar surface area (TPSA) is 384 Å². The van der Waals surface area contributed by atoms with E-state index in [0.717, 1.165) is 54.7 Å². The Morgan fingerprint density at radius 2 is 1.71 bits per heavy atom. The summed E-state index contributed by atoms with van der Waals surface area (Å²) in [6.45, 7) is 2.39. The molecule has 2 aromatic heterocycles. The normalized spacial score (nSPS) is 21.9. The van der Waals surface area contributed by atoms with Crippen LogP contribution in [0.15, 0.2) is 12.7 Å². The molecule has 0 radical (unpaired) electrons. The molecular formula is C29H50N7O18P3S. The third kappa shape index (κ3) is 15.5. The summed E-state index contributed by atoms with van der Waals surface area (Å²) in [6.07, 6.45) is -3.99. The first-order chi connectivity index (χ1) is 27.0. The number of thioether (sulfide) groups is 1. The van der Waals surface area contributed by atoms with E-state index in [2.05, 4.69) is 41.3 Å². The number of unbranched alkanes of at least 4 members (excludes halogenated alkanes) is 3. The maximum absolute atomic E-state index is 12.7. The minimum absolute atomic E-state index is 0.0264. The highest BCUT2D eigenvalue weighted by Crippen LogP contribution is 2.61. The van der Waals surface area contributed by atoms with Crippen molar-refractivity contribution in [3.05, 3.63) is 12.7 Å². The monoisotopic (exact) mass is 909 g/mol. The van der Waals surface area contributed by atoms with Gasteiger partial charge in [-0.3, -0.25) is 32.5 Å². The summed E-state index contributed by atoms with van der Waals surface area (Å²) < 4.78 is 62.1. The first kappa shape index (κ1) is 49.9. The van der Waals surface area contributed by atoms with Crippen molar-refractivity contribution in [1.82, 2.24) is 30.2 Å². The van der Waals surface area contributed by atoms with Crippen LogP contribution in [-0.4, -0.2) is 134 Å². The van der Waals surface area contributed by atoms with Crippen molar-refractivity contribution in [2.75, 3.05) is 37.8 Å². The van der Waals surface area contributed by atoms with Gasteiger partial charge in [-0.2, -0.15) is 4.31 Å². The average Bonchev–Trinajstić information content (AvgIpc) is 3.69. The zero-order valence-electron chi connectivity index (χ0n) is 31.6. The standard InChI is InChI=1S/C29H50N7O18P3S/c1-4-5-6-7-8-17(37)28(42)58-12-11-31-19(38)9-10-32-26(41)23(40)29(2,3)14-51-57(48,49)54-56(46,47)50-13-18-22(53-55(43,44)45)21(39)27(52-18)36-16-35-20-24(30)33-15-34-25(20)36/h15-18,21-23,27,37,39-40H,4-14H2,1-3H3,(H,31,38)(H,32,41)(H,46,47)(H,48,49)(H2,30,33,34)(H2,43,44,45)/t17?,18-,21-,22-,23+,27-/m1/s1. The van der Waals surface area contributed by atoms with E-state index in [0.29, 0.717) is 6.42 Å². The second-order valence-corrected chi connectivity index (χ2v) is 18.9. The number of nitrogens with one attached hydrogen (secondary N) is 2. The van der Waals surface area contributed by atoms with Gasteiger partial charge in [0.2, 0.25) is 16.9 Å².